The third kappa shape index (κ3) is 31.3. The van der Waals surface area contributed by atoms with Crippen molar-refractivity contribution in [3.05, 3.63) is 0 Å². The number of ether oxygens (including phenoxy) is 1. The first-order valence-electron chi connectivity index (χ1n) is 17.5. The third-order valence-corrected chi connectivity index (χ3v) is 8.08. The molecule has 0 heterocycles. The van der Waals surface area contributed by atoms with Crippen LogP contribution >= 0.6 is 0 Å². The van der Waals surface area contributed by atoms with Gasteiger partial charge in [-0.3, -0.25) is 9.59 Å². The molecule has 0 aromatic carbocycles. The van der Waals surface area contributed by atoms with E-state index in [2.05, 4.69) is 13.8 Å². The Balaban J connectivity index is 3.77. The molecular weight excluding hydrogens is 484 g/mol. The largest absolute Gasteiger partial charge is 0.481 e. The molecule has 1 unspecified atom stereocenters. The van der Waals surface area contributed by atoms with Crippen LogP contribution in [0, 0.1) is 0 Å². The topological polar surface area (TPSA) is 63.6 Å². The van der Waals surface area contributed by atoms with Gasteiger partial charge in [-0.15, -0.1) is 0 Å². The van der Waals surface area contributed by atoms with Crippen LogP contribution in [0.25, 0.3) is 0 Å². The molecular formula is C35H68O4. The number of esters is 1. The molecule has 0 fully saturated rings. The molecule has 0 aliphatic rings. The quantitative estimate of drug-likeness (QED) is 0.0665. The lowest BCUT2D eigenvalue weighted by molar-refractivity contribution is -0.150. The van der Waals surface area contributed by atoms with Crippen molar-refractivity contribution in [1.82, 2.24) is 0 Å². The standard InChI is InChI=1S/C35H68O4/c1-3-5-7-9-10-11-12-13-14-15-16-17-21-24-28-32-35(38)39-33(29-25-8-6-4-2)30-26-22-19-18-20-23-27-31-34(36)37/h33H,3-32H2,1-2H3,(H,36,37). The second kappa shape index (κ2) is 31.5. The lowest BCUT2D eigenvalue weighted by Gasteiger charge is -2.18. The van der Waals surface area contributed by atoms with Gasteiger partial charge in [0.05, 0.1) is 0 Å². The number of hydrogen-bond donors (Lipinski definition) is 1. The molecule has 0 bridgehead atoms. The summed E-state index contributed by atoms with van der Waals surface area (Å²) in [7, 11) is 0. The Labute approximate surface area is 243 Å². The fraction of sp³-hybridized carbons (Fsp3) is 0.943. The first kappa shape index (κ1) is 37.9. The van der Waals surface area contributed by atoms with E-state index in [-0.39, 0.29) is 12.1 Å². The van der Waals surface area contributed by atoms with Crippen LogP contribution in [-0.4, -0.2) is 23.1 Å². The zero-order chi connectivity index (χ0) is 28.7. The van der Waals surface area contributed by atoms with E-state index in [0.29, 0.717) is 12.8 Å². The van der Waals surface area contributed by atoms with Gasteiger partial charge in [0.15, 0.2) is 0 Å². The van der Waals surface area contributed by atoms with Crippen molar-refractivity contribution in [2.45, 2.75) is 213 Å². The maximum atomic E-state index is 12.5. The second-order valence-corrected chi connectivity index (χ2v) is 12.1. The van der Waals surface area contributed by atoms with Gasteiger partial charge < -0.3 is 9.84 Å². The van der Waals surface area contributed by atoms with Crippen LogP contribution in [-0.2, 0) is 14.3 Å². The molecule has 1 N–H and O–H groups in total. The summed E-state index contributed by atoms with van der Waals surface area (Å²) < 4.78 is 5.94. The molecule has 0 aromatic rings. The smallest absolute Gasteiger partial charge is 0.306 e. The molecule has 4 heteroatoms. The van der Waals surface area contributed by atoms with Crippen molar-refractivity contribution in [1.29, 1.82) is 0 Å². The highest BCUT2D eigenvalue weighted by atomic mass is 16.5. The molecule has 1 atom stereocenters. The van der Waals surface area contributed by atoms with Crippen LogP contribution in [0.4, 0.5) is 0 Å². The zero-order valence-electron chi connectivity index (χ0n) is 26.5. The van der Waals surface area contributed by atoms with Crippen LogP contribution in [0.3, 0.4) is 0 Å². The minimum Gasteiger partial charge on any atom is -0.481 e. The summed E-state index contributed by atoms with van der Waals surface area (Å²) in [5.41, 5.74) is 0. The number of carbonyl (C=O) groups is 2. The minimum absolute atomic E-state index is 0.0172. The molecule has 39 heavy (non-hydrogen) atoms. The number of carboxylic acid groups (broad SMARTS) is 1. The van der Waals surface area contributed by atoms with Crippen LogP contribution in [0.2, 0.25) is 0 Å². The average molecular weight is 553 g/mol. The molecule has 0 aliphatic carbocycles. The summed E-state index contributed by atoms with van der Waals surface area (Å²) in [5, 5.41) is 8.71. The highest BCUT2D eigenvalue weighted by Crippen LogP contribution is 2.18. The monoisotopic (exact) mass is 553 g/mol. The van der Waals surface area contributed by atoms with Gasteiger partial charge in [-0.1, -0.05) is 155 Å². The van der Waals surface area contributed by atoms with Crippen LogP contribution < -0.4 is 0 Å². The summed E-state index contributed by atoms with van der Waals surface area (Å²) in [6.07, 6.45) is 35.6. The SMILES string of the molecule is CCCCCCCCCCCCCCCCCC(=O)OC(CCCCCC)CCCCCCCCCC(=O)O. The number of unbranched alkanes of at least 4 members (excludes halogenated alkanes) is 23. The number of aliphatic carboxylic acids is 1. The van der Waals surface area contributed by atoms with Gasteiger partial charge in [-0.2, -0.15) is 0 Å². The van der Waals surface area contributed by atoms with E-state index >= 15 is 0 Å². The van der Waals surface area contributed by atoms with Gasteiger partial charge >= 0.3 is 11.9 Å². The van der Waals surface area contributed by atoms with Crippen LogP contribution in [0.5, 0.6) is 0 Å². The molecule has 4 nitrogen and oxygen atoms in total. The first-order valence-corrected chi connectivity index (χ1v) is 17.5. The summed E-state index contributed by atoms with van der Waals surface area (Å²) in [5.74, 6) is -0.669. The second-order valence-electron chi connectivity index (χ2n) is 12.1. The normalized spacial score (nSPS) is 12.1. The molecule has 0 rings (SSSR count). The van der Waals surface area contributed by atoms with E-state index in [1.807, 2.05) is 0 Å². The molecule has 232 valence electrons. The third-order valence-electron chi connectivity index (χ3n) is 8.08. The minimum atomic E-state index is -0.686. The first-order chi connectivity index (χ1) is 19.1. The van der Waals surface area contributed by atoms with Crippen molar-refractivity contribution in [2.75, 3.05) is 0 Å². The molecule has 0 spiro atoms. The predicted octanol–water partition coefficient (Wildman–Crippen LogP) is 11.7. The maximum absolute atomic E-state index is 12.5. The van der Waals surface area contributed by atoms with E-state index < -0.39 is 5.97 Å². The predicted molar refractivity (Wildman–Crippen MR) is 167 cm³/mol. The Kier molecular flexibility index (Phi) is 30.6. The summed E-state index contributed by atoms with van der Waals surface area (Å²) >= 11 is 0. The van der Waals surface area contributed by atoms with Gasteiger partial charge in [0.2, 0.25) is 0 Å². The van der Waals surface area contributed by atoms with E-state index in [1.54, 1.807) is 0 Å². The van der Waals surface area contributed by atoms with E-state index in [0.717, 1.165) is 57.8 Å². The van der Waals surface area contributed by atoms with Crippen molar-refractivity contribution < 1.29 is 19.4 Å². The highest BCUT2D eigenvalue weighted by Gasteiger charge is 2.14. The Morgan fingerprint density at radius 3 is 1.15 bits per heavy atom. The Morgan fingerprint density at radius 1 is 0.462 bits per heavy atom. The number of rotatable bonds is 32. The fourth-order valence-electron chi connectivity index (χ4n) is 5.48. The Hall–Kier alpha value is -1.06. The number of hydrogen-bond acceptors (Lipinski definition) is 3. The van der Waals surface area contributed by atoms with E-state index in [9.17, 15) is 9.59 Å². The Bertz CT molecular complexity index is 519. The molecule has 0 amide bonds. The van der Waals surface area contributed by atoms with Gasteiger partial charge in [-0.25, -0.2) is 0 Å². The summed E-state index contributed by atoms with van der Waals surface area (Å²) in [6.45, 7) is 4.51. The fourth-order valence-corrected chi connectivity index (χ4v) is 5.48. The summed E-state index contributed by atoms with van der Waals surface area (Å²) in [6, 6.07) is 0. The average Bonchev–Trinajstić information content (AvgIpc) is 2.91. The van der Waals surface area contributed by atoms with Crippen molar-refractivity contribution in [3.63, 3.8) is 0 Å². The molecule has 0 saturated carbocycles. The van der Waals surface area contributed by atoms with Crippen LogP contribution in [0.1, 0.15) is 206 Å². The highest BCUT2D eigenvalue weighted by molar-refractivity contribution is 5.69. The Morgan fingerprint density at radius 2 is 0.769 bits per heavy atom. The number of carboxylic acids is 1. The lowest BCUT2D eigenvalue weighted by Crippen LogP contribution is -2.18. The maximum Gasteiger partial charge on any atom is 0.306 e. The van der Waals surface area contributed by atoms with Gasteiger partial charge in [0, 0.05) is 12.8 Å². The molecule has 0 aromatic heterocycles. The molecule has 0 radical (unpaired) electrons. The van der Waals surface area contributed by atoms with Crippen molar-refractivity contribution in [3.8, 4) is 0 Å². The van der Waals surface area contributed by atoms with Crippen molar-refractivity contribution in [2.24, 2.45) is 0 Å². The van der Waals surface area contributed by atoms with Gasteiger partial charge in [-0.05, 0) is 38.5 Å². The van der Waals surface area contributed by atoms with E-state index in [1.165, 1.54) is 122 Å². The summed E-state index contributed by atoms with van der Waals surface area (Å²) in [4.78, 5) is 23.1. The van der Waals surface area contributed by atoms with E-state index in [4.69, 9.17) is 9.84 Å². The molecule has 0 aliphatic heterocycles. The molecule has 0 saturated heterocycles. The lowest BCUT2D eigenvalue weighted by atomic mass is 10.0. The van der Waals surface area contributed by atoms with Crippen LogP contribution in [0.15, 0.2) is 0 Å². The van der Waals surface area contributed by atoms with Crippen molar-refractivity contribution >= 4 is 11.9 Å². The zero-order valence-corrected chi connectivity index (χ0v) is 26.5. The van der Waals surface area contributed by atoms with Gasteiger partial charge in [0.1, 0.15) is 6.10 Å². The van der Waals surface area contributed by atoms with Gasteiger partial charge in [0.25, 0.3) is 0 Å². The number of carbonyl (C=O) groups excluding carboxylic acids is 1.